The fourth-order valence-corrected chi connectivity index (χ4v) is 3.38. The molecule has 8 N–H and O–H groups in total. The predicted molar refractivity (Wildman–Crippen MR) is 173 cm³/mol. The summed E-state index contributed by atoms with van der Waals surface area (Å²) in [5, 5.41) is 37.9. The first-order chi connectivity index (χ1) is 20.5. The quantitative estimate of drug-likeness (QED) is 0.0850. The van der Waals surface area contributed by atoms with Gasteiger partial charge in [-0.05, 0) is 64.3 Å². The molecule has 0 radical (unpaired) electrons. The minimum absolute atomic E-state index is 0. The van der Waals surface area contributed by atoms with Crippen LogP contribution in [0.4, 0.5) is 0 Å². The number of likely N-dealkylation sites (N-methyl/N-ethyl adjacent to an activating group) is 2. The highest BCUT2D eigenvalue weighted by Gasteiger charge is 2.10. The van der Waals surface area contributed by atoms with Crippen molar-refractivity contribution in [2.45, 2.75) is 40.5 Å². The number of carbonyl (C=O) groups excluding carboxylic acids is 3. The van der Waals surface area contributed by atoms with E-state index in [1.807, 2.05) is 19.0 Å². The van der Waals surface area contributed by atoms with Crippen molar-refractivity contribution in [3.05, 3.63) is 59.7 Å². The summed E-state index contributed by atoms with van der Waals surface area (Å²) in [4.78, 5) is 47.7. The molecule has 256 valence electrons. The first kappa shape index (κ1) is 45.2. The van der Waals surface area contributed by atoms with E-state index in [0.717, 1.165) is 19.5 Å². The Kier molecular flexibility index (Phi) is 27.4. The van der Waals surface area contributed by atoms with E-state index < -0.39 is 11.9 Å². The standard InChI is InChI=1S/C14H21N3O4.C8H18N2O2.C7H6O3.2CH4/c1-17(9-4-7-13(19)16-21)10-8-15-14(20)11-5-2-3-6-12(11)18;1-10(7-5-9)6-3-4-8(11)12-2;8-6-4-2-1-3-5(6)7(9)10;;/h2-3,5-6,18,21H,4,7-10H2,1H3,(H,15,20)(H,16,19);3-7,9H2,1-2H3;1-4,8H,(H,9,10);2*1H4. The van der Waals surface area contributed by atoms with Crippen LogP contribution in [-0.2, 0) is 14.3 Å². The van der Waals surface area contributed by atoms with Crippen LogP contribution < -0.4 is 16.5 Å². The molecule has 0 spiro atoms. The summed E-state index contributed by atoms with van der Waals surface area (Å²) in [6.07, 6.45) is 2.20. The maximum Gasteiger partial charge on any atom is 0.339 e. The van der Waals surface area contributed by atoms with Crippen molar-refractivity contribution in [1.29, 1.82) is 0 Å². The van der Waals surface area contributed by atoms with Gasteiger partial charge in [-0.25, -0.2) is 10.3 Å². The number of hydrogen-bond donors (Lipinski definition) is 7. The summed E-state index contributed by atoms with van der Waals surface area (Å²) < 4.78 is 4.51. The molecule has 45 heavy (non-hydrogen) atoms. The van der Waals surface area contributed by atoms with Crippen molar-refractivity contribution in [3.63, 3.8) is 0 Å². The molecule has 0 bridgehead atoms. The Morgan fingerprint density at radius 3 is 1.73 bits per heavy atom. The summed E-state index contributed by atoms with van der Waals surface area (Å²) in [5.41, 5.74) is 7.12. The Hall–Kier alpha value is -4.24. The molecule has 0 atom stereocenters. The molecule has 14 heteroatoms. The average Bonchev–Trinajstić information content (AvgIpc) is 2.98. The van der Waals surface area contributed by atoms with Gasteiger partial charge in [0.25, 0.3) is 5.91 Å². The molecule has 14 nitrogen and oxygen atoms in total. The number of nitrogens with two attached hydrogens (primary N) is 1. The number of rotatable bonds is 15. The van der Waals surface area contributed by atoms with E-state index in [1.165, 1.54) is 25.3 Å². The first-order valence-electron chi connectivity index (χ1n) is 13.6. The van der Waals surface area contributed by atoms with Gasteiger partial charge >= 0.3 is 11.9 Å². The van der Waals surface area contributed by atoms with Crippen molar-refractivity contribution < 1.29 is 44.4 Å². The van der Waals surface area contributed by atoms with Crippen LogP contribution in [0.5, 0.6) is 11.5 Å². The second kappa shape index (κ2) is 27.3. The first-order valence-corrected chi connectivity index (χ1v) is 13.6. The number of aromatic hydroxyl groups is 2. The molecule has 0 aromatic heterocycles. The number of carboxylic acid groups (broad SMARTS) is 1. The Labute approximate surface area is 266 Å². The molecule has 2 aromatic carbocycles. The number of esters is 1. The number of hydroxylamine groups is 1. The van der Waals surface area contributed by atoms with Crippen molar-refractivity contribution in [3.8, 4) is 11.5 Å². The minimum Gasteiger partial charge on any atom is -0.507 e. The molecular formula is C31H53N5O9. The van der Waals surface area contributed by atoms with Gasteiger partial charge in [-0.15, -0.1) is 0 Å². The van der Waals surface area contributed by atoms with E-state index in [4.69, 9.17) is 21.2 Å². The van der Waals surface area contributed by atoms with E-state index in [-0.39, 0.29) is 55.8 Å². The number of ether oxygens (including phenoxy) is 1. The van der Waals surface area contributed by atoms with Gasteiger partial charge < -0.3 is 40.9 Å². The molecule has 0 aliphatic heterocycles. The van der Waals surface area contributed by atoms with Gasteiger partial charge in [-0.1, -0.05) is 39.1 Å². The molecule has 0 saturated carbocycles. The van der Waals surface area contributed by atoms with Gasteiger partial charge in [-0.2, -0.15) is 0 Å². The number of carbonyl (C=O) groups is 4. The molecule has 2 rings (SSSR count). The zero-order valence-corrected chi connectivity index (χ0v) is 25.0. The van der Waals surface area contributed by atoms with Gasteiger partial charge in [0.05, 0.1) is 12.7 Å². The van der Waals surface area contributed by atoms with Gasteiger partial charge in [0.15, 0.2) is 0 Å². The maximum absolute atomic E-state index is 11.8. The average molecular weight is 640 g/mol. The lowest BCUT2D eigenvalue weighted by molar-refractivity contribution is -0.140. The van der Waals surface area contributed by atoms with E-state index >= 15 is 0 Å². The Morgan fingerprint density at radius 2 is 1.29 bits per heavy atom. The lowest BCUT2D eigenvalue weighted by atomic mass is 10.2. The van der Waals surface area contributed by atoms with Crippen LogP contribution in [0, 0.1) is 0 Å². The molecular weight excluding hydrogens is 586 g/mol. The third-order valence-electron chi connectivity index (χ3n) is 5.79. The summed E-state index contributed by atoms with van der Waals surface area (Å²) in [6.45, 7) is 4.18. The van der Waals surface area contributed by atoms with Crippen molar-refractivity contribution in [2.24, 2.45) is 5.73 Å². The number of nitrogens with zero attached hydrogens (tertiary/aromatic N) is 2. The van der Waals surface area contributed by atoms with E-state index in [0.29, 0.717) is 39.0 Å². The topological polar surface area (TPSA) is 215 Å². The van der Waals surface area contributed by atoms with Crippen molar-refractivity contribution in [2.75, 3.05) is 60.5 Å². The van der Waals surface area contributed by atoms with Crippen LogP contribution in [-0.4, -0.2) is 115 Å². The number of benzene rings is 2. The van der Waals surface area contributed by atoms with Crippen LogP contribution in [0.25, 0.3) is 0 Å². The number of phenolic OH excluding ortho intramolecular Hbond substituents is 1. The highest BCUT2D eigenvalue weighted by Crippen LogP contribution is 2.15. The Morgan fingerprint density at radius 1 is 0.800 bits per heavy atom. The number of aromatic carboxylic acids is 1. The Balaban J connectivity index is -0.000000627. The SMILES string of the molecule is C.C.CN(CCCC(=O)NO)CCNC(=O)c1ccccc1O.COC(=O)CCCN(C)CCN.O=C(O)c1ccccc1O. The van der Waals surface area contributed by atoms with E-state index in [9.17, 15) is 24.3 Å². The third kappa shape index (κ3) is 22.0. The van der Waals surface area contributed by atoms with Gasteiger partial charge in [0.1, 0.15) is 17.1 Å². The predicted octanol–water partition coefficient (Wildman–Crippen LogP) is 2.53. The zero-order valence-electron chi connectivity index (χ0n) is 25.0. The van der Waals surface area contributed by atoms with Crippen LogP contribution in [0.2, 0.25) is 0 Å². The molecule has 0 saturated heterocycles. The van der Waals surface area contributed by atoms with Crippen LogP contribution in [0.15, 0.2) is 48.5 Å². The van der Waals surface area contributed by atoms with Gasteiger partial charge in [0.2, 0.25) is 5.91 Å². The second-order valence-electron chi connectivity index (χ2n) is 9.31. The monoisotopic (exact) mass is 639 g/mol. The highest BCUT2D eigenvalue weighted by molar-refractivity contribution is 5.96. The molecule has 0 aliphatic carbocycles. The fourth-order valence-electron chi connectivity index (χ4n) is 3.38. The highest BCUT2D eigenvalue weighted by atomic mass is 16.5. The zero-order chi connectivity index (χ0) is 32.6. The largest absolute Gasteiger partial charge is 0.507 e. The summed E-state index contributed by atoms with van der Waals surface area (Å²) in [5.74, 6) is -2.22. The molecule has 0 heterocycles. The smallest absolute Gasteiger partial charge is 0.339 e. The lowest BCUT2D eigenvalue weighted by Crippen LogP contribution is -2.33. The number of amides is 2. The van der Waals surface area contributed by atoms with Crippen molar-refractivity contribution in [1.82, 2.24) is 20.6 Å². The van der Waals surface area contributed by atoms with Crippen LogP contribution >= 0.6 is 0 Å². The number of methoxy groups -OCH3 is 1. The number of carboxylic acids is 1. The van der Waals surface area contributed by atoms with E-state index in [2.05, 4.69) is 15.0 Å². The fraction of sp³-hybridized carbons (Fsp3) is 0.484. The Bertz CT molecular complexity index is 1120. The summed E-state index contributed by atoms with van der Waals surface area (Å²) in [7, 11) is 5.28. The number of nitrogens with one attached hydrogen (secondary N) is 2. The minimum atomic E-state index is -1.11. The third-order valence-corrected chi connectivity index (χ3v) is 5.79. The van der Waals surface area contributed by atoms with Gasteiger partial charge in [-0.3, -0.25) is 19.6 Å². The second-order valence-corrected chi connectivity index (χ2v) is 9.31. The maximum atomic E-state index is 11.8. The van der Waals surface area contributed by atoms with Crippen molar-refractivity contribution >= 4 is 23.8 Å². The van der Waals surface area contributed by atoms with Gasteiger partial charge in [0, 0.05) is 39.0 Å². The molecule has 2 amide bonds. The normalized spacial score (nSPS) is 9.67. The number of para-hydroxylation sites is 2. The summed E-state index contributed by atoms with van der Waals surface area (Å²) in [6, 6.07) is 12.2. The number of hydrogen-bond acceptors (Lipinski definition) is 11. The van der Waals surface area contributed by atoms with Crippen LogP contribution in [0.1, 0.15) is 61.3 Å². The number of phenols is 2. The van der Waals surface area contributed by atoms with E-state index in [1.54, 1.807) is 35.8 Å². The molecule has 0 aliphatic rings. The lowest BCUT2D eigenvalue weighted by Gasteiger charge is -2.16. The molecule has 0 fully saturated rings. The molecule has 2 aromatic rings. The van der Waals surface area contributed by atoms with Crippen LogP contribution in [0.3, 0.4) is 0 Å². The summed E-state index contributed by atoms with van der Waals surface area (Å²) >= 11 is 0. The molecule has 0 unspecified atom stereocenters.